The summed E-state index contributed by atoms with van der Waals surface area (Å²) in [5.74, 6) is -0.888. The fourth-order valence-corrected chi connectivity index (χ4v) is 6.57. The molecule has 0 saturated heterocycles. The van der Waals surface area contributed by atoms with Gasteiger partial charge in [-0.25, -0.2) is 4.57 Å². The van der Waals surface area contributed by atoms with E-state index < -0.39 is 32.5 Å². The number of ether oxygens (including phenoxy) is 2. The predicted octanol–water partition coefficient (Wildman–Crippen LogP) is 14.5. The molecular weight excluding hydrogens is 810 g/mol. The molecule has 356 valence electrons. The van der Waals surface area contributed by atoms with Crippen molar-refractivity contribution in [1.82, 2.24) is 0 Å². The van der Waals surface area contributed by atoms with Crippen LogP contribution in [0.5, 0.6) is 0 Å². The molecular formula is C53H86NO8P. The van der Waals surface area contributed by atoms with E-state index in [1.807, 2.05) is 0 Å². The van der Waals surface area contributed by atoms with Crippen molar-refractivity contribution >= 4 is 19.8 Å². The first-order chi connectivity index (χ1) is 30.8. The van der Waals surface area contributed by atoms with Crippen LogP contribution in [0.4, 0.5) is 0 Å². The molecule has 0 heterocycles. The van der Waals surface area contributed by atoms with E-state index in [1.165, 1.54) is 6.42 Å². The fourth-order valence-electron chi connectivity index (χ4n) is 5.80. The second kappa shape index (κ2) is 47.9. The number of carbonyl (C=O) groups excluding carboxylic acids is 2. The Bertz CT molecular complexity index is 1440. The number of esters is 2. The van der Waals surface area contributed by atoms with Crippen LogP contribution in [0.2, 0.25) is 0 Å². The van der Waals surface area contributed by atoms with Gasteiger partial charge in [-0.2, -0.15) is 0 Å². The molecule has 0 aliphatic carbocycles. The van der Waals surface area contributed by atoms with Crippen LogP contribution in [0.3, 0.4) is 0 Å². The van der Waals surface area contributed by atoms with Crippen LogP contribution >= 0.6 is 7.82 Å². The molecule has 2 unspecified atom stereocenters. The summed E-state index contributed by atoms with van der Waals surface area (Å²) in [6.45, 7) is 3.48. The van der Waals surface area contributed by atoms with E-state index in [-0.39, 0.29) is 32.6 Å². The smallest absolute Gasteiger partial charge is 0.462 e. The molecule has 0 aromatic heterocycles. The lowest BCUT2D eigenvalue weighted by Gasteiger charge is -2.19. The third-order valence-corrected chi connectivity index (χ3v) is 10.3. The summed E-state index contributed by atoms with van der Waals surface area (Å²) in [4.78, 5) is 34.9. The Balaban J connectivity index is 4.17. The molecule has 0 amide bonds. The highest BCUT2D eigenvalue weighted by Crippen LogP contribution is 2.43. The number of unbranched alkanes of at least 4 members (excludes halogenated alkanes) is 10. The van der Waals surface area contributed by atoms with Crippen LogP contribution in [-0.4, -0.2) is 49.3 Å². The Kier molecular flexibility index (Phi) is 45.2. The van der Waals surface area contributed by atoms with Gasteiger partial charge in [-0.05, 0) is 103 Å². The van der Waals surface area contributed by atoms with Crippen LogP contribution in [0.15, 0.2) is 122 Å². The van der Waals surface area contributed by atoms with Gasteiger partial charge in [0.05, 0.1) is 13.2 Å². The Morgan fingerprint density at radius 1 is 0.492 bits per heavy atom. The van der Waals surface area contributed by atoms with Gasteiger partial charge in [0.2, 0.25) is 0 Å². The first-order valence-corrected chi connectivity index (χ1v) is 25.5. The molecule has 0 aromatic rings. The molecule has 0 bridgehead atoms. The highest BCUT2D eigenvalue weighted by molar-refractivity contribution is 7.47. The Hall–Kier alpha value is -3.59. The monoisotopic (exact) mass is 896 g/mol. The number of rotatable bonds is 43. The summed E-state index contributed by atoms with van der Waals surface area (Å²) in [6.07, 6.45) is 65.2. The SMILES string of the molecule is CC/C=C\C/C=C\C/C=C\C/C=C\C/C=C\C/C=C\C/C=C\C/C=C\CCCCCCC(=O)OC(COC(=O)CCCCCCC/C=C\C/C=C\CCC)COP(=O)(O)OCCN. The fraction of sp³-hybridized carbons (Fsp3) is 0.585. The summed E-state index contributed by atoms with van der Waals surface area (Å²) < 4.78 is 32.8. The van der Waals surface area contributed by atoms with E-state index in [0.29, 0.717) is 12.8 Å². The van der Waals surface area contributed by atoms with Crippen molar-refractivity contribution in [3.05, 3.63) is 122 Å². The van der Waals surface area contributed by atoms with Crippen molar-refractivity contribution in [2.75, 3.05) is 26.4 Å². The van der Waals surface area contributed by atoms with Gasteiger partial charge in [-0.1, -0.05) is 174 Å². The third kappa shape index (κ3) is 47.7. The maximum absolute atomic E-state index is 12.6. The van der Waals surface area contributed by atoms with Crippen LogP contribution in [0, 0.1) is 0 Å². The molecule has 0 saturated carbocycles. The number of carbonyl (C=O) groups is 2. The van der Waals surface area contributed by atoms with E-state index in [4.69, 9.17) is 24.3 Å². The molecule has 3 N–H and O–H groups in total. The lowest BCUT2D eigenvalue weighted by Crippen LogP contribution is -2.29. The molecule has 10 heteroatoms. The van der Waals surface area contributed by atoms with Crippen molar-refractivity contribution in [3.8, 4) is 0 Å². The van der Waals surface area contributed by atoms with E-state index in [9.17, 15) is 19.0 Å². The lowest BCUT2D eigenvalue weighted by molar-refractivity contribution is -0.161. The summed E-state index contributed by atoms with van der Waals surface area (Å²) in [5.41, 5.74) is 5.35. The van der Waals surface area contributed by atoms with E-state index in [2.05, 4.69) is 135 Å². The summed E-state index contributed by atoms with van der Waals surface area (Å²) in [6, 6.07) is 0. The van der Waals surface area contributed by atoms with E-state index >= 15 is 0 Å². The first kappa shape index (κ1) is 59.4. The number of hydrogen-bond acceptors (Lipinski definition) is 8. The Labute approximate surface area is 383 Å². The van der Waals surface area contributed by atoms with Crippen LogP contribution in [0.25, 0.3) is 0 Å². The van der Waals surface area contributed by atoms with Crippen molar-refractivity contribution in [1.29, 1.82) is 0 Å². The van der Waals surface area contributed by atoms with Gasteiger partial charge in [0.15, 0.2) is 6.10 Å². The molecule has 0 rings (SSSR count). The molecule has 2 atom stereocenters. The maximum Gasteiger partial charge on any atom is 0.472 e. The van der Waals surface area contributed by atoms with Crippen molar-refractivity contribution in [2.24, 2.45) is 5.73 Å². The number of allylic oxidation sites excluding steroid dienone is 20. The first-order valence-electron chi connectivity index (χ1n) is 24.0. The van der Waals surface area contributed by atoms with Gasteiger partial charge in [-0.15, -0.1) is 0 Å². The van der Waals surface area contributed by atoms with Crippen molar-refractivity contribution < 1.29 is 37.6 Å². The van der Waals surface area contributed by atoms with Crippen LogP contribution < -0.4 is 5.73 Å². The zero-order valence-electron chi connectivity index (χ0n) is 39.3. The molecule has 0 aliphatic rings. The predicted molar refractivity (Wildman–Crippen MR) is 265 cm³/mol. The molecule has 0 aromatic carbocycles. The minimum Gasteiger partial charge on any atom is -0.462 e. The van der Waals surface area contributed by atoms with Crippen molar-refractivity contribution in [2.45, 2.75) is 174 Å². The minimum absolute atomic E-state index is 0.0396. The average Bonchev–Trinajstić information content (AvgIpc) is 3.27. The summed E-state index contributed by atoms with van der Waals surface area (Å²) in [7, 11) is -4.40. The summed E-state index contributed by atoms with van der Waals surface area (Å²) >= 11 is 0. The Morgan fingerprint density at radius 2 is 0.873 bits per heavy atom. The second-order valence-electron chi connectivity index (χ2n) is 15.2. The normalized spacial score (nSPS) is 14.3. The Morgan fingerprint density at radius 3 is 1.30 bits per heavy atom. The van der Waals surface area contributed by atoms with Gasteiger partial charge < -0.3 is 20.1 Å². The number of hydrogen-bond donors (Lipinski definition) is 2. The zero-order chi connectivity index (χ0) is 46.0. The van der Waals surface area contributed by atoms with Crippen LogP contribution in [0.1, 0.15) is 168 Å². The van der Waals surface area contributed by atoms with E-state index in [0.717, 1.165) is 122 Å². The highest BCUT2D eigenvalue weighted by atomic mass is 31.2. The minimum atomic E-state index is -4.40. The molecule has 9 nitrogen and oxygen atoms in total. The van der Waals surface area contributed by atoms with Crippen LogP contribution in [-0.2, 0) is 32.7 Å². The average molecular weight is 896 g/mol. The van der Waals surface area contributed by atoms with Crippen molar-refractivity contribution in [3.63, 3.8) is 0 Å². The molecule has 0 fully saturated rings. The van der Waals surface area contributed by atoms with Gasteiger partial charge in [-0.3, -0.25) is 18.6 Å². The summed E-state index contributed by atoms with van der Waals surface area (Å²) in [5, 5.41) is 0. The maximum atomic E-state index is 12.6. The second-order valence-corrected chi connectivity index (χ2v) is 16.7. The number of phosphoric acid groups is 1. The molecule has 63 heavy (non-hydrogen) atoms. The standard InChI is InChI=1S/C53H86NO8P/c1-3-5-7-9-11-13-15-17-18-19-20-21-22-23-24-25-26-27-28-29-30-31-32-34-36-38-40-42-44-46-53(56)62-51(50-61-63(57,58)60-48-47-54)49-59-52(55)45-43-41-39-37-35-33-16-14-12-10-8-6-4-2/h5,7-8,10-11,13-14,16-18,20-21,23-24,26-27,29-30,32,34,51H,3-4,6,9,12,15,19,22,25,28,31,33,35-50,54H2,1-2H3,(H,57,58)/b7-5-,10-8-,13-11-,16-14-,18-17-,21-20-,24-23-,27-26-,30-29-,34-32-. The largest absolute Gasteiger partial charge is 0.472 e. The van der Waals surface area contributed by atoms with Gasteiger partial charge in [0.1, 0.15) is 6.61 Å². The quantitative estimate of drug-likeness (QED) is 0.0265. The molecule has 0 spiro atoms. The number of phosphoric ester groups is 1. The van der Waals surface area contributed by atoms with Gasteiger partial charge in [0, 0.05) is 19.4 Å². The topological polar surface area (TPSA) is 134 Å². The molecule has 0 radical (unpaired) electrons. The highest BCUT2D eigenvalue weighted by Gasteiger charge is 2.26. The number of nitrogens with two attached hydrogens (primary N) is 1. The third-order valence-electron chi connectivity index (χ3n) is 9.31. The van der Waals surface area contributed by atoms with Gasteiger partial charge in [0.25, 0.3) is 0 Å². The lowest BCUT2D eigenvalue weighted by atomic mass is 10.1. The molecule has 0 aliphatic heterocycles. The van der Waals surface area contributed by atoms with E-state index in [1.54, 1.807) is 0 Å². The van der Waals surface area contributed by atoms with Gasteiger partial charge >= 0.3 is 19.8 Å². The zero-order valence-corrected chi connectivity index (χ0v) is 40.1.